The Labute approximate surface area is 83.3 Å². The van der Waals surface area contributed by atoms with Crippen LogP contribution in [0.1, 0.15) is 6.42 Å². The van der Waals surface area contributed by atoms with Gasteiger partial charge in [-0.1, -0.05) is 6.08 Å². The molecule has 0 spiro atoms. The Morgan fingerprint density at radius 2 is 2.21 bits per heavy atom. The average molecular weight is 191 g/mol. The van der Waals surface area contributed by atoms with Gasteiger partial charge in [0, 0.05) is 25.4 Å². The third-order valence-corrected chi connectivity index (χ3v) is 2.55. The molecule has 3 heteroatoms. The van der Waals surface area contributed by atoms with Crippen LogP contribution in [0, 0.1) is 0 Å². The Kier molecular flexibility index (Phi) is 2.15. The molecule has 2 rings (SSSR count). The molecule has 1 aliphatic heterocycles. The molecule has 0 saturated heterocycles. The Bertz CT molecular complexity index is 363. The molecular weight excluding hydrogens is 178 g/mol. The van der Waals surface area contributed by atoms with Gasteiger partial charge in [0.05, 0.1) is 7.11 Å². The van der Waals surface area contributed by atoms with Crippen LogP contribution in [0.2, 0.25) is 0 Å². The SMILES string of the molecule is COC1=CC=C2CCN(C)C=C2C1=O. The van der Waals surface area contributed by atoms with Crippen LogP contribution in [0.5, 0.6) is 0 Å². The smallest absolute Gasteiger partial charge is 0.229 e. The van der Waals surface area contributed by atoms with Crippen molar-refractivity contribution in [3.63, 3.8) is 0 Å². The van der Waals surface area contributed by atoms with Crippen LogP contribution < -0.4 is 0 Å². The maximum atomic E-state index is 11.8. The van der Waals surface area contributed by atoms with Crippen LogP contribution in [0.15, 0.2) is 35.3 Å². The molecule has 0 radical (unpaired) electrons. The largest absolute Gasteiger partial charge is 0.493 e. The van der Waals surface area contributed by atoms with Gasteiger partial charge in [0.1, 0.15) is 0 Å². The predicted octanol–water partition coefficient (Wildman–Crippen LogP) is 1.25. The molecule has 3 nitrogen and oxygen atoms in total. The maximum absolute atomic E-state index is 11.8. The number of ketones is 1. The fourth-order valence-corrected chi connectivity index (χ4v) is 1.72. The van der Waals surface area contributed by atoms with Crippen LogP contribution in [0.25, 0.3) is 0 Å². The Hall–Kier alpha value is -1.51. The first-order valence-electron chi connectivity index (χ1n) is 4.64. The standard InChI is InChI=1S/C11H13NO2/c1-12-6-5-8-3-4-10(14-2)11(13)9(8)7-12/h3-4,7H,5-6H2,1-2H3. The number of nitrogens with zero attached hydrogens (tertiary/aromatic N) is 1. The summed E-state index contributed by atoms with van der Waals surface area (Å²) in [4.78, 5) is 13.8. The summed E-state index contributed by atoms with van der Waals surface area (Å²) >= 11 is 0. The fourth-order valence-electron chi connectivity index (χ4n) is 1.72. The van der Waals surface area contributed by atoms with Gasteiger partial charge in [-0.15, -0.1) is 0 Å². The number of fused-ring (bicyclic) bond motifs is 1. The number of methoxy groups -OCH3 is 1. The second-order valence-corrected chi connectivity index (χ2v) is 3.53. The van der Waals surface area contributed by atoms with Crippen LogP contribution >= 0.6 is 0 Å². The number of ether oxygens (including phenoxy) is 1. The molecule has 14 heavy (non-hydrogen) atoms. The van der Waals surface area contributed by atoms with E-state index >= 15 is 0 Å². The zero-order chi connectivity index (χ0) is 10.1. The van der Waals surface area contributed by atoms with Crippen LogP contribution in [-0.4, -0.2) is 31.4 Å². The van der Waals surface area contributed by atoms with Gasteiger partial charge in [-0.3, -0.25) is 4.79 Å². The molecule has 0 N–H and O–H groups in total. The number of carbonyl (C=O) groups excluding carboxylic acids is 1. The second kappa shape index (κ2) is 3.33. The Balaban J connectivity index is 2.40. The molecule has 2 aliphatic rings. The third-order valence-electron chi connectivity index (χ3n) is 2.55. The summed E-state index contributed by atoms with van der Waals surface area (Å²) in [6.07, 6.45) is 6.55. The molecule has 0 amide bonds. The van der Waals surface area contributed by atoms with E-state index in [1.54, 1.807) is 6.08 Å². The molecule has 0 unspecified atom stereocenters. The molecule has 0 fully saturated rings. The van der Waals surface area contributed by atoms with Crippen molar-refractivity contribution < 1.29 is 9.53 Å². The van der Waals surface area contributed by atoms with Crippen molar-refractivity contribution >= 4 is 5.78 Å². The number of hydrogen-bond acceptors (Lipinski definition) is 3. The molecule has 0 atom stereocenters. The molecule has 74 valence electrons. The minimum Gasteiger partial charge on any atom is -0.493 e. The van der Waals surface area contributed by atoms with E-state index in [-0.39, 0.29) is 5.78 Å². The van der Waals surface area contributed by atoms with Crippen molar-refractivity contribution in [2.45, 2.75) is 6.42 Å². The maximum Gasteiger partial charge on any atom is 0.229 e. The number of rotatable bonds is 1. The minimum absolute atomic E-state index is 0.00319. The monoisotopic (exact) mass is 191 g/mol. The van der Waals surface area contributed by atoms with Crippen LogP contribution in [-0.2, 0) is 9.53 Å². The highest BCUT2D eigenvalue weighted by molar-refractivity contribution is 6.11. The summed E-state index contributed by atoms with van der Waals surface area (Å²) in [5.74, 6) is 0.423. The first kappa shape index (κ1) is 9.06. The zero-order valence-corrected chi connectivity index (χ0v) is 8.41. The first-order chi connectivity index (χ1) is 6.72. The summed E-state index contributed by atoms with van der Waals surface area (Å²) in [6.45, 7) is 0.971. The van der Waals surface area contributed by atoms with E-state index in [4.69, 9.17) is 4.74 Å². The lowest BCUT2D eigenvalue weighted by Gasteiger charge is -2.26. The highest BCUT2D eigenvalue weighted by atomic mass is 16.5. The molecule has 0 bridgehead atoms. The fraction of sp³-hybridized carbons (Fsp3) is 0.364. The van der Waals surface area contributed by atoms with Gasteiger partial charge in [-0.05, 0) is 18.1 Å². The molecule has 0 aromatic carbocycles. The van der Waals surface area contributed by atoms with Crippen molar-refractivity contribution in [2.24, 2.45) is 0 Å². The highest BCUT2D eigenvalue weighted by Gasteiger charge is 2.25. The Morgan fingerprint density at radius 1 is 1.43 bits per heavy atom. The van der Waals surface area contributed by atoms with Crippen molar-refractivity contribution in [2.75, 3.05) is 20.7 Å². The first-order valence-corrected chi connectivity index (χ1v) is 4.64. The van der Waals surface area contributed by atoms with E-state index in [0.717, 1.165) is 24.1 Å². The van der Waals surface area contributed by atoms with Crippen molar-refractivity contribution in [1.82, 2.24) is 4.90 Å². The number of Topliss-reactive ketones (excluding diaryl/α,β-unsaturated/α-hetero) is 1. The number of carbonyl (C=O) groups is 1. The topological polar surface area (TPSA) is 29.5 Å². The van der Waals surface area contributed by atoms with Crippen molar-refractivity contribution in [3.8, 4) is 0 Å². The van der Waals surface area contributed by atoms with E-state index in [1.807, 2.05) is 24.2 Å². The molecule has 1 aliphatic carbocycles. The zero-order valence-electron chi connectivity index (χ0n) is 8.41. The van der Waals surface area contributed by atoms with E-state index in [0.29, 0.717) is 5.76 Å². The molecule has 1 heterocycles. The Morgan fingerprint density at radius 3 is 2.93 bits per heavy atom. The summed E-state index contributed by atoms with van der Waals surface area (Å²) in [5, 5.41) is 0. The van der Waals surface area contributed by atoms with Gasteiger partial charge >= 0.3 is 0 Å². The highest BCUT2D eigenvalue weighted by Crippen LogP contribution is 2.27. The number of allylic oxidation sites excluding steroid dienone is 3. The van der Waals surface area contributed by atoms with Crippen LogP contribution in [0.4, 0.5) is 0 Å². The van der Waals surface area contributed by atoms with Gasteiger partial charge in [0.2, 0.25) is 5.78 Å². The third kappa shape index (κ3) is 1.35. The average Bonchev–Trinajstić information content (AvgIpc) is 2.20. The molecule has 0 aromatic rings. The predicted molar refractivity (Wildman–Crippen MR) is 53.5 cm³/mol. The summed E-state index contributed by atoms with van der Waals surface area (Å²) in [6, 6.07) is 0. The molecule has 0 saturated carbocycles. The second-order valence-electron chi connectivity index (χ2n) is 3.53. The van der Waals surface area contributed by atoms with Gasteiger partial charge in [0.25, 0.3) is 0 Å². The van der Waals surface area contributed by atoms with Crippen LogP contribution in [0.3, 0.4) is 0 Å². The van der Waals surface area contributed by atoms with Gasteiger partial charge in [0.15, 0.2) is 5.76 Å². The number of hydrogen-bond donors (Lipinski definition) is 0. The van der Waals surface area contributed by atoms with Gasteiger partial charge < -0.3 is 9.64 Å². The van der Waals surface area contributed by atoms with E-state index in [2.05, 4.69) is 0 Å². The van der Waals surface area contributed by atoms with Crippen molar-refractivity contribution in [3.05, 3.63) is 35.3 Å². The van der Waals surface area contributed by atoms with Gasteiger partial charge in [-0.25, -0.2) is 0 Å². The van der Waals surface area contributed by atoms with Crippen molar-refractivity contribution in [1.29, 1.82) is 0 Å². The molecular formula is C11H13NO2. The summed E-state index contributed by atoms with van der Waals surface area (Å²) in [5.41, 5.74) is 1.90. The minimum atomic E-state index is -0.00319. The van der Waals surface area contributed by atoms with E-state index in [1.165, 1.54) is 7.11 Å². The summed E-state index contributed by atoms with van der Waals surface area (Å²) < 4.78 is 5.00. The van der Waals surface area contributed by atoms with Gasteiger partial charge in [-0.2, -0.15) is 0 Å². The lowest BCUT2D eigenvalue weighted by Crippen LogP contribution is -2.25. The lowest BCUT2D eigenvalue weighted by atomic mass is 9.92. The summed E-state index contributed by atoms with van der Waals surface area (Å²) in [7, 11) is 3.50. The quantitative estimate of drug-likeness (QED) is 0.624. The molecule has 0 aromatic heterocycles. The normalized spacial score (nSPS) is 20.9. The van der Waals surface area contributed by atoms with E-state index < -0.39 is 0 Å². The lowest BCUT2D eigenvalue weighted by molar-refractivity contribution is -0.115. The van der Waals surface area contributed by atoms with E-state index in [9.17, 15) is 4.79 Å².